The topological polar surface area (TPSA) is 113 Å². The number of nitrogens with one attached hydrogen (secondary N) is 1. The molecule has 0 aliphatic carbocycles. The lowest BCUT2D eigenvalue weighted by Crippen LogP contribution is -2.59. The fourth-order valence-electron chi connectivity index (χ4n) is 2.66. The molecule has 7 nitrogen and oxygen atoms in total. The Hall–Kier alpha value is -1.79. The van der Waals surface area contributed by atoms with Crippen molar-refractivity contribution in [3.8, 4) is 0 Å². The molecule has 1 saturated heterocycles. The zero-order chi connectivity index (χ0) is 15.4. The second-order valence-corrected chi connectivity index (χ2v) is 5.66. The maximum atomic E-state index is 12.5. The van der Waals surface area contributed by atoms with Crippen molar-refractivity contribution >= 4 is 17.9 Å². The van der Waals surface area contributed by atoms with Gasteiger partial charge in [-0.1, -0.05) is 20.8 Å². The van der Waals surface area contributed by atoms with Gasteiger partial charge in [0.25, 0.3) is 0 Å². The zero-order valence-corrected chi connectivity index (χ0v) is 12.1. The standard InChI is InChI=1S/C13H23N3O4/c1-7(2)9(15-13(14)20)11(17)16-6-4-5-8(3)10(16)12(18)19/h7-10H,4-6H2,1-3H3,(H,18,19)(H3,14,15,20). The van der Waals surface area contributed by atoms with Gasteiger partial charge in [-0.25, -0.2) is 9.59 Å². The second kappa shape index (κ2) is 6.58. The maximum Gasteiger partial charge on any atom is 0.326 e. The highest BCUT2D eigenvalue weighted by atomic mass is 16.4. The third kappa shape index (κ3) is 3.61. The third-order valence-electron chi connectivity index (χ3n) is 3.70. The number of nitrogens with two attached hydrogens (primary N) is 1. The zero-order valence-electron chi connectivity index (χ0n) is 12.1. The molecule has 3 unspecified atom stereocenters. The summed E-state index contributed by atoms with van der Waals surface area (Å²) >= 11 is 0. The summed E-state index contributed by atoms with van der Waals surface area (Å²) in [5.74, 6) is -1.65. The van der Waals surface area contributed by atoms with Crippen molar-refractivity contribution in [3.05, 3.63) is 0 Å². The quantitative estimate of drug-likeness (QED) is 0.693. The number of aliphatic carboxylic acids is 1. The Morgan fingerprint density at radius 1 is 1.35 bits per heavy atom. The Kier molecular flexibility index (Phi) is 5.35. The molecule has 1 fully saturated rings. The van der Waals surface area contributed by atoms with Gasteiger partial charge in [-0.15, -0.1) is 0 Å². The number of carboxylic acid groups (broad SMARTS) is 1. The predicted octanol–water partition coefficient (Wildman–Crippen LogP) is 0.391. The van der Waals surface area contributed by atoms with Gasteiger partial charge in [0, 0.05) is 6.54 Å². The van der Waals surface area contributed by atoms with Crippen molar-refractivity contribution in [2.24, 2.45) is 17.6 Å². The van der Waals surface area contributed by atoms with E-state index in [0.29, 0.717) is 6.54 Å². The number of likely N-dealkylation sites (tertiary alicyclic amines) is 1. The van der Waals surface area contributed by atoms with Gasteiger partial charge in [-0.2, -0.15) is 0 Å². The Balaban J connectivity index is 2.95. The van der Waals surface area contributed by atoms with Gasteiger partial charge in [0.1, 0.15) is 12.1 Å². The summed E-state index contributed by atoms with van der Waals surface area (Å²) in [7, 11) is 0. The summed E-state index contributed by atoms with van der Waals surface area (Å²) < 4.78 is 0. The molecule has 0 spiro atoms. The number of piperidine rings is 1. The first kappa shape index (κ1) is 16.3. The lowest BCUT2D eigenvalue weighted by atomic mass is 9.89. The van der Waals surface area contributed by atoms with E-state index < -0.39 is 24.1 Å². The van der Waals surface area contributed by atoms with Crippen LogP contribution in [-0.4, -0.2) is 46.5 Å². The Morgan fingerprint density at radius 2 is 1.95 bits per heavy atom. The van der Waals surface area contributed by atoms with Crippen LogP contribution in [0.1, 0.15) is 33.6 Å². The van der Waals surface area contributed by atoms with Crippen LogP contribution in [0.4, 0.5) is 4.79 Å². The maximum absolute atomic E-state index is 12.5. The fraction of sp³-hybridized carbons (Fsp3) is 0.769. The summed E-state index contributed by atoms with van der Waals surface area (Å²) in [6.45, 7) is 5.78. The van der Waals surface area contributed by atoms with E-state index in [1.165, 1.54) is 4.90 Å². The van der Waals surface area contributed by atoms with E-state index in [9.17, 15) is 19.5 Å². The van der Waals surface area contributed by atoms with Crippen molar-refractivity contribution in [3.63, 3.8) is 0 Å². The van der Waals surface area contributed by atoms with Gasteiger partial charge in [-0.05, 0) is 24.7 Å². The molecular formula is C13H23N3O4. The molecule has 0 aromatic heterocycles. The minimum Gasteiger partial charge on any atom is -0.480 e. The first-order chi connectivity index (χ1) is 9.25. The number of carbonyl (C=O) groups is 3. The SMILES string of the molecule is CC(C)C(NC(N)=O)C(=O)N1CCCC(C)C1C(=O)O. The lowest BCUT2D eigenvalue weighted by Gasteiger charge is -2.39. The van der Waals surface area contributed by atoms with Crippen LogP contribution in [0, 0.1) is 11.8 Å². The van der Waals surface area contributed by atoms with E-state index in [1.54, 1.807) is 13.8 Å². The number of urea groups is 1. The normalized spacial score (nSPS) is 24.3. The number of hydrogen-bond donors (Lipinski definition) is 3. The summed E-state index contributed by atoms with van der Waals surface area (Å²) in [6.07, 6.45) is 1.54. The summed E-state index contributed by atoms with van der Waals surface area (Å²) in [6, 6.07) is -2.42. The van der Waals surface area contributed by atoms with Crippen LogP contribution in [0.15, 0.2) is 0 Å². The summed E-state index contributed by atoms with van der Waals surface area (Å²) in [5.41, 5.74) is 5.08. The third-order valence-corrected chi connectivity index (χ3v) is 3.70. The van der Waals surface area contributed by atoms with E-state index in [-0.39, 0.29) is 17.7 Å². The molecule has 1 rings (SSSR count). The van der Waals surface area contributed by atoms with Crippen molar-refractivity contribution in [1.82, 2.24) is 10.2 Å². The molecule has 0 bridgehead atoms. The van der Waals surface area contributed by atoms with E-state index >= 15 is 0 Å². The molecule has 3 atom stereocenters. The molecule has 3 amide bonds. The van der Waals surface area contributed by atoms with Crippen molar-refractivity contribution in [1.29, 1.82) is 0 Å². The predicted molar refractivity (Wildman–Crippen MR) is 72.9 cm³/mol. The Bertz CT molecular complexity index is 397. The van der Waals surface area contributed by atoms with Crippen LogP contribution in [0.3, 0.4) is 0 Å². The van der Waals surface area contributed by atoms with Crippen LogP contribution in [0.25, 0.3) is 0 Å². The summed E-state index contributed by atoms with van der Waals surface area (Å²) in [4.78, 5) is 36.3. The smallest absolute Gasteiger partial charge is 0.326 e. The van der Waals surface area contributed by atoms with Crippen LogP contribution in [-0.2, 0) is 9.59 Å². The molecule has 7 heteroatoms. The van der Waals surface area contributed by atoms with Crippen molar-refractivity contribution in [2.45, 2.75) is 45.7 Å². The number of hydrogen-bond acceptors (Lipinski definition) is 3. The van der Waals surface area contributed by atoms with Crippen LogP contribution >= 0.6 is 0 Å². The highest BCUT2D eigenvalue weighted by Gasteiger charge is 2.40. The van der Waals surface area contributed by atoms with E-state index in [1.807, 2.05) is 6.92 Å². The fourth-order valence-corrected chi connectivity index (χ4v) is 2.66. The molecule has 20 heavy (non-hydrogen) atoms. The van der Waals surface area contributed by atoms with Crippen molar-refractivity contribution in [2.75, 3.05) is 6.54 Å². The number of primary amides is 1. The average Bonchev–Trinajstić information content (AvgIpc) is 2.33. The summed E-state index contributed by atoms with van der Waals surface area (Å²) in [5, 5.41) is 11.7. The van der Waals surface area contributed by atoms with E-state index in [0.717, 1.165) is 12.8 Å². The number of carbonyl (C=O) groups excluding carboxylic acids is 2. The van der Waals surface area contributed by atoms with E-state index in [4.69, 9.17) is 5.73 Å². The molecule has 4 N–H and O–H groups in total. The monoisotopic (exact) mass is 285 g/mol. The van der Waals surface area contributed by atoms with Gasteiger partial charge < -0.3 is 21.1 Å². The first-order valence-corrected chi connectivity index (χ1v) is 6.85. The molecule has 0 aromatic rings. The van der Waals surface area contributed by atoms with Gasteiger partial charge >= 0.3 is 12.0 Å². The molecule has 1 aliphatic rings. The highest BCUT2D eigenvalue weighted by molar-refractivity contribution is 5.90. The molecule has 0 aromatic carbocycles. The van der Waals surface area contributed by atoms with Gasteiger partial charge in [0.2, 0.25) is 5.91 Å². The minimum atomic E-state index is -1.01. The largest absolute Gasteiger partial charge is 0.480 e. The molecule has 114 valence electrons. The highest BCUT2D eigenvalue weighted by Crippen LogP contribution is 2.25. The van der Waals surface area contributed by atoms with Gasteiger partial charge in [-0.3, -0.25) is 4.79 Å². The first-order valence-electron chi connectivity index (χ1n) is 6.85. The molecule has 1 aliphatic heterocycles. The van der Waals surface area contributed by atoms with E-state index in [2.05, 4.69) is 5.32 Å². The number of amides is 3. The molecule has 0 saturated carbocycles. The molecule has 0 radical (unpaired) electrons. The number of nitrogens with zero attached hydrogens (tertiary/aromatic N) is 1. The van der Waals surface area contributed by atoms with Crippen LogP contribution in [0.5, 0.6) is 0 Å². The second-order valence-electron chi connectivity index (χ2n) is 5.66. The minimum absolute atomic E-state index is 0.105. The van der Waals surface area contributed by atoms with Crippen LogP contribution < -0.4 is 11.1 Å². The molecule has 1 heterocycles. The number of carboxylic acids is 1. The Labute approximate surface area is 118 Å². The van der Waals surface area contributed by atoms with Crippen molar-refractivity contribution < 1.29 is 19.5 Å². The number of rotatable bonds is 4. The van der Waals surface area contributed by atoms with Gasteiger partial charge in [0.05, 0.1) is 0 Å². The molecular weight excluding hydrogens is 262 g/mol. The van der Waals surface area contributed by atoms with Gasteiger partial charge in [0.15, 0.2) is 0 Å². The lowest BCUT2D eigenvalue weighted by molar-refractivity contribution is -0.155. The Morgan fingerprint density at radius 3 is 2.40 bits per heavy atom. The average molecular weight is 285 g/mol. The van der Waals surface area contributed by atoms with Crippen LogP contribution in [0.2, 0.25) is 0 Å².